The Bertz CT molecular complexity index is 495. The highest BCUT2D eigenvalue weighted by molar-refractivity contribution is 5.89. The van der Waals surface area contributed by atoms with Gasteiger partial charge < -0.3 is 14.8 Å². The van der Waals surface area contributed by atoms with Gasteiger partial charge in [-0.1, -0.05) is 0 Å². The normalized spacial score (nSPS) is 17.8. The van der Waals surface area contributed by atoms with Crippen molar-refractivity contribution in [2.45, 2.75) is 25.2 Å². The smallest absolute Gasteiger partial charge is 0.337 e. The van der Waals surface area contributed by atoms with E-state index in [9.17, 15) is 4.79 Å². The number of carbonyl (C=O) groups excluding carboxylic acids is 1. The molecule has 5 nitrogen and oxygen atoms in total. The molecule has 18 heavy (non-hydrogen) atoms. The van der Waals surface area contributed by atoms with Crippen molar-refractivity contribution in [1.29, 1.82) is 0 Å². The highest BCUT2D eigenvalue weighted by Gasteiger charge is 2.52. The number of aromatic nitrogens is 1. The van der Waals surface area contributed by atoms with Gasteiger partial charge in [-0.25, -0.2) is 4.79 Å². The van der Waals surface area contributed by atoms with Gasteiger partial charge in [0, 0.05) is 25.2 Å². The molecule has 1 aliphatic heterocycles. The lowest BCUT2D eigenvalue weighted by atomic mass is 10.0. The predicted molar refractivity (Wildman–Crippen MR) is 67.1 cm³/mol. The summed E-state index contributed by atoms with van der Waals surface area (Å²) in [5, 5.41) is 8.89. The van der Waals surface area contributed by atoms with E-state index in [2.05, 4.69) is 9.88 Å². The molecule has 0 aromatic carbocycles. The molecule has 1 aliphatic carbocycles. The number of aromatic carboxylic acids is 1. The van der Waals surface area contributed by atoms with Gasteiger partial charge in [-0.05, 0) is 25.8 Å². The standard InChI is InChI=1S/C11H12N2O2.C2H4O/c1-13-6-11(2-3-11)9-8(13)4-7(5-12-9)10(14)15;1-2-3/h4-5H,2-3,6H2,1H3,(H,14,15);2H,1H3. The Morgan fingerprint density at radius 3 is 2.67 bits per heavy atom. The second-order valence-corrected chi connectivity index (χ2v) is 4.77. The minimum absolute atomic E-state index is 0.251. The zero-order valence-electron chi connectivity index (χ0n) is 10.5. The van der Waals surface area contributed by atoms with E-state index in [4.69, 9.17) is 9.90 Å². The summed E-state index contributed by atoms with van der Waals surface area (Å²) >= 11 is 0. The highest BCUT2D eigenvalue weighted by Crippen LogP contribution is 2.55. The number of hydrogen-bond acceptors (Lipinski definition) is 4. The van der Waals surface area contributed by atoms with Crippen molar-refractivity contribution in [1.82, 2.24) is 4.98 Å². The maximum atomic E-state index is 10.8. The van der Waals surface area contributed by atoms with Gasteiger partial charge in [-0.15, -0.1) is 0 Å². The van der Waals surface area contributed by atoms with Crippen LogP contribution in [-0.4, -0.2) is 35.9 Å². The molecule has 2 heterocycles. The van der Waals surface area contributed by atoms with Gasteiger partial charge in [0.1, 0.15) is 6.29 Å². The summed E-state index contributed by atoms with van der Waals surface area (Å²) in [7, 11) is 2.00. The van der Waals surface area contributed by atoms with Crippen molar-refractivity contribution < 1.29 is 14.7 Å². The van der Waals surface area contributed by atoms with Crippen molar-refractivity contribution in [3.8, 4) is 0 Å². The number of aldehydes is 1. The third-order valence-electron chi connectivity index (χ3n) is 3.42. The number of nitrogens with zero attached hydrogens (tertiary/aromatic N) is 2. The van der Waals surface area contributed by atoms with E-state index in [0.29, 0.717) is 0 Å². The Hall–Kier alpha value is -1.91. The van der Waals surface area contributed by atoms with E-state index in [-0.39, 0.29) is 11.0 Å². The quantitative estimate of drug-likeness (QED) is 0.762. The molecule has 96 valence electrons. The molecule has 1 aromatic heterocycles. The molecule has 1 aromatic rings. The first kappa shape index (κ1) is 12.5. The summed E-state index contributed by atoms with van der Waals surface area (Å²) in [5.41, 5.74) is 2.61. The van der Waals surface area contributed by atoms with Gasteiger partial charge in [0.25, 0.3) is 0 Å². The lowest BCUT2D eigenvalue weighted by molar-refractivity contribution is -0.106. The average molecular weight is 248 g/mol. The number of likely N-dealkylation sites (N-methyl/N-ethyl adjacent to an activating group) is 1. The number of pyridine rings is 1. The first-order chi connectivity index (χ1) is 8.54. The summed E-state index contributed by atoms with van der Waals surface area (Å²) in [6, 6.07) is 1.73. The zero-order valence-corrected chi connectivity index (χ0v) is 10.5. The molecule has 0 bridgehead atoms. The molecule has 1 saturated carbocycles. The molecule has 2 aliphatic rings. The largest absolute Gasteiger partial charge is 0.478 e. The van der Waals surface area contributed by atoms with Crippen molar-refractivity contribution in [3.63, 3.8) is 0 Å². The molecule has 0 saturated heterocycles. The molecular formula is C13H16N2O3. The topological polar surface area (TPSA) is 70.5 Å². The Balaban J connectivity index is 0.000000367. The van der Waals surface area contributed by atoms with Crippen molar-refractivity contribution in [3.05, 3.63) is 23.5 Å². The SMILES string of the molecule is CC=O.CN1CC2(CC2)c2ncc(C(=O)O)cc21. The van der Waals surface area contributed by atoms with Crippen LogP contribution in [0.25, 0.3) is 0 Å². The molecule has 3 rings (SSSR count). The monoisotopic (exact) mass is 248 g/mol. The van der Waals surface area contributed by atoms with Crippen LogP contribution in [0.15, 0.2) is 12.3 Å². The molecule has 1 fully saturated rings. The fourth-order valence-corrected chi connectivity index (χ4v) is 2.43. The van der Waals surface area contributed by atoms with Gasteiger partial charge in [0.2, 0.25) is 0 Å². The van der Waals surface area contributed by atoms with Gasteiger partial charge >= 0.3 is 5.97 Å². The summed E-state index contributed by atoms with van der Waals surface area (Å²) in [5.74, 6) is -0.907. The fraction of sp³-hybridized carbons (Fsp3) is 0.462. The van der Waals surface area contributed by atoms with Crippen molar-refractivity contribution in [2.24, 2.45) is 0 Å². The number of fused-ring (bicyclic) bond motifs is 2. The lowest BCUT2D eigenvalue weighted by Gasteiger charge is -2.11. The molecule has 1 N–H and O–H groups in total. The van der Waals surface area contributed by atoms with Crippen LogP contribution in [0.1, 0.15) is 35.8 Å². The van der Waals surface area contributed by atoms with Crippen LogP contribution in [0.4, 0.5) is 5.69 Å². The maximum Gasteiger partial charge on any atom is 0.337 e. The van der Waals surface area contributed by atoms with Gasteiger partial charge in [-0.3, -0.25) is 4.98 Å². The maximum absolute atomic E-state index is 10.8. The van der Waals surface area contributed by atoms with E-state index >= 15 is 0 Å². The first-order valence-corrected chi connectivity index (χ1v) is 5.89. The van der Waals surface area contributed by atoms with E-state index in [1.165, 1.54) is 26.0 Å². The molecule has 0 unspecified atom stereocenters. The summed E-state index contributed by atoms with van der Waals surface area (Å²) in [6.07, 6.45) is 4.59. The number of carboxylic acid groups (broad SMARTS) is 1. The average Bonchev–Trinajstić information content (AvgIpc) is 3.03. The molecule has 5 heteroatoms. The van der Waals surface area contributed by atoms with Gasteiger partial charge in [-0.2, -0.15) is 0 Å². The zero-order chi connectivity index (χ0) is 13.3. The Morgan fingerprint density at radius 1 is 1.56 bits per heavy atom. The third-order valence-corrected chi connectivity index (χ3v) is 3.42. The van der Waals surface area contributed by atoms with Crippen molar-refractivity contribution >= 4 is 17.9 Å². The minimum Gasteiger partial charge on any atom is -0.478 e. The second-order valence-electron chi connectivity index (χ2n) is 4.77. The van der Waals surface area contributed by atoms with Crippen molar-refractivity contribution in [2.75, 3.05) is 18.5 Å². The Kier molecular flexibility index (Phi) is 3.07. The Morgan fingerprint density at radius 2 is 2.17 bits per heavy atom. The molecule has 0 atom stereocenters. The van der Waals surface area contributed by atoms with Gasteiger partial charge in [0.15, 0.2) is 0 Å². The van der Waals surface area contributed by atoms with Crippen LogP contribution < -0.4 is 4.90 Å². The molecular weight excluding hydrogens is 232 g/mol. The number of hydrogen-bond donors (Lipinski definition) is 1. The lowest BCUT2D eigenvalue weighted by Crippen LogP contribution is -2.19. The van der Waals surface area contributed by atoms with Crippen LogP contribution >= 0.6 is 0 Å². The highest BCUT2D eigenvalue weighted by atomic mass is 16.4. The fourth-order valence-electron chi connectivity index (χ4n) is 2.43. The molecule has 0 amide bonds. The number of carbonyl (C=O) groups is 2. The third kappa shape index (κ3) is 1.96. The number of rotatable bonds is 1. The Labute approximate surface area is 105 Å². The second kappa shape index (κ2) is 4.40. The molecule has 1 spiro atoms. The van der Waals surface area contributed by atoms with Crippen LogP contribution in [0.2, 0.25) is 0 Å². The predicted octanol–water partition coefficient (Wildman–Crippen LogP) is 1.47. The van der Waals surface area contributed by atoms with E-state index < -0.39 is 5.97 Å². The van der Waals surface area contributed by atoms with Crippen LogP contribution in [0, 0.1) is 0 Å². The minimum atomic E-state index is -0.907. The van der Waals surface area contributed by atoms with Crippen LogP contribution in [0.3, 0.4) is 0 Å². The van der Waals surface area contributed by atoms with Crippen LogP contribution in [-0.2, 0) is 10.2 Å². The van der Waals surface area contributed by atoms with E-state index in [0.717, 1.165) is 24.2 Å². The number of anilines is 1. The molecule has 0 radical (unpaired) electrons. The van der Waals surface area contributed by atoms with E-state index in [1.807, 2.05) is 7.05 Å². The van der Waals surface area contributed by atoms with E-state index in [1.54, 1.807) is 6.07 Å². The van der Waals surface area contributed by atoms with Crippen LogP contribution in [0.5, 0.6) is 0 Å². The van der Waals surface area contributed by atoms with Gasteiger partial charge in [0.05, 0.1) is 16.9 Å². The number of carboxylic acids is 1. The summed E-state index contributed by atoms with van der Waals surface area (Å²) < 4.78 is 0. The summed E-state index contributed by atoms with van der Waals surface area (Å²) in [4.78, 5) is 26.1. The summed E-state index contributed by atoms with van der Waals surface area (Å²) in [6.45, 7) is 2.43. The first-order valence-electron chi connectivity index (χ1n) is 5.89.